The molecule has 0 radical (unpaired) electrons. The SMILES string of the molecule is CC(=O)OC1CC(Sc2ccccc2)CO1. The molecule has 1 aromatic rings. The Hall–Kier alpha value is -1.00. The molecular formula is C12H14O3S. The van der Waals surface area contributed by atoms with Crippen LogP contribution in [-0.2, 0) is 14.3 Å². The highest BCUT2D eigenvalue weighted by atomic mass is 32.2. The van der Waals surface area contributed by atoms with Crippen molar-refractivity contribution in [3.05, 3.63) is 30.3 Å². The summed E-state index contributed by atoms with van der Waals surface area (Å²) >= 11 is 1.77. The summed E-state index contributed by atoms with van der Waals surface area (Å²) in [4.78, 5) is 12.0. The predicted octanol–water partition coefficient (Wildman–Crippen LogP) is 2.46. The summed E-state index contributed by atoms with van der Waals surface area (Å²) in [5.41, 5.74) is 0. The Labute approximate surface area is 99.1 Å². The van der Waals surface area contributed by atoms with E-state index in [0.29, 0.717) is 11.9 Å². The van der Waals surface area contributed by atoms with Gasteiger partial charge in [-0.1, -0.05) is 18.2 Å². The van der Waals surface area contributed by atoms with Gasteiger partial charge in [0.05, 0.1) is 6.61 Å². The minimum Gasteiger partial charge on any atom is -0.436 e. The molecule has 16 heavy (non-hydrogen) atoms. The average molecular weight is 238 g/mol. The Bertz CT molecular complexity index is 353. The number of benzene rings is 1. The zero-order valence-electron chi connectivity index (χ0n) is 9.09. The lowest BCUT2D eigenvalue weighted by atomic mass is 10.3. The number of hydrogen-bond acceptors (Lipinski definition) is 4. The van der Waals surface area contributed by atoms with E-state index in [-0.39, 0.29) is 12.3 Å². The Balaban J connectivity index is 1.83. The quantitative estimate of drug-likeness (QED) is 0.758. The van der Waals surface area contributed by atoms with Crippen LogP contribution in [0.2, 0.25) is 0 Å². The second-order valence-corrected chi connectivity index (χ2v) is 5.03. The number of ether oxygens (including phenoxy) is 2. The smallest absolute Gasteiger partial charge is 0.304 e. The fraction of sp³-hybridized carbons (Fsp3) is 0.417. The zero-order valence-corrected chi connectivity index (χ0v) is 9.91. The molecule has 0 N–H and O–H groups in total. The molecule has 86 valence electrons. The van der Waals surface area contributed by atoms with E-state index in [0.717, 1.165) is 6.42 Å². The van der Waals surface area contributed by atoms with Crippen molar-refractivity contribution >= 4 is 17.7 Å². The van der Waals surface area contributed by atoms with E-state index in [4.69, 9.17) is 9.47 Å². The number of carbonyl (C=O) groups is 1. The number of rotatable bonds is 3. The summed E-state index contributed by atoms with van der Waals surface area (Å²) in [6.07, 6.45) is 0.401. The third kappa shape index (κ3) is 3.25. The van der Waals surface area contributed by atoms with Crippen LogP contribution in [0, 0.1) is 0 Å². The summed E-state index contributed by atoms with van der Waals surface area (Å²) < 4.78 is 10.4. The normalized spacial score (nSPS) is 24.3. The molecule has 1 aromatic carbocycles. The van der Waals surface area contributed by atoms with Crippen LogP contribution in [0.3, 0.4) is 0 Å². The standard InChI is InChI=1S/C12H14O3S/c1-9(13)15-12-7-11(8-14-12)16-10-5-3-2-4-6-10/h2-6,11-12H,7-8H2,1H3. The van der Waals surface area contributed by atoms with Crippen LogP contribution < -0.4 is 0 Å². The molecule has 0 amide bonds. The molecule has 4 heteroatoms. The summed E-state index contributed by atoms with van der Waals surface area (Å²) in [6.45, 7) is 2.04. The van der Waals surface area contributed by atoms with Crippen LogP contribution in [0.25, 0.3) is 0 Å². The van der Waals surface area contributed by atoms with E-state index in [1.165, 1.54) is 11.8 Å². The van der Waals surface area contributed by atoms with Gasteiger partial charge in [-0.05, 0) is 12.1 Å². The second-order valence-electron chi connectivity index (χ2n) is 3.66. The summed E-state index contributed by atoms with van der Waals surface area (Å²) in [5.74, 6) is -0.282. The number of carbonyl (C=O) groups excluding carboxylic acids is 1. The fourth-order valence-electron chi connectivity index (χ4n) is 1.61. The maximum Gasteiger partial charge on any atom is 0.304 e. The molecule has 2 rings (SSSR count). The fourth-order valence-corrected chi connectivity index (χ4v) is 2.71. The first kappa shape index (κ1) is 11.5. The van der Waals surface area contributed by atoms with E-state index in [1.807, 2.05) is 18.2 Å². The second kappa shape index (κ2) is 5.37. The Morgan fingerprint density at radius 2 is 2.19 bits per heavy atom. The van der Waals surface area contributed by atoms with Crippen molar-refractivity contribution in [1.29, 1.82) is 0 Å². The van der Waals surface area contributed by atoms with Crippen molar-refractivity contribution < 1.29 is 14.3 Å². The van der Waals surface area contributed by atoms with Gasteiger partial charge in [0, 0.05) is 23.5 Å². The molecule has 1 heterocycles. The van der Waals surface area contributed by atoms with Gasteiger partial charge in [0.25, 0.3) is 0 Å². The Morgan fingerprint density at radius 1 is 1.44 bits per heavy atom. The van der Waals surface area contributed by atoms with Crippen molar-refractivity contribution in [3.8, 4) is 0 Å². The van der Waals surface area contributed by atoms with Crippen molar-refractivity contribution in [2.24, 2.45) is 0 Å². The van der Waals surface area contributed by atoms with Gasteiger partial charge in [-0.15, -0.1) is 11.8 Å². The summed E-state index contributed by atoms with van der Waals surface area (Å²) in [6, 6.07) is 10.2. The molecule has 1 aliphatic heterocycles. The van der Waals surface area contributed by atoms with E-state index in [9.17, 15) is 4.79 Å². The number of hydrogen-bond donors (Lipinski definition) is 0. The molecule has 0 spiro atoms. The first-order valence-corrected chi connectivity index (χ1v) is 6.12. The molecule has 0 aromatic heterocycles. The molecule has 0 bridgehead atoms. The maximum absolute atomic E-state index is 10.8. The van der Waals surface area contributed by atoms with E-state index < -0.39 is 0 Å². The van der Waals surface area contributed by atoms with Crippen molar-refractivity contribution in [1.82, 2.24) is 0 Å². The first-order chi connectivity index (χ1) is 7.74. The lowest BCUT2D eigenvalue weighted by molar-refractivity contribution is -0.166. The summed E-state index contributed by atoms with van der Waals surface area (Å²) in [7, 11) is 0. The van der Waals surface area contributed by atoms with Crippen molar-refractivity contribution in [2.75, 3.05) is 6.61 Å². The zero-order chi connectivity index (χ0) is 11.4. The highest BCUT2D eigenvalue weighted by molar-refractivity contribution is 8.00. The third-order valence-electron chi connectivity index (χ3n) is 2.27. The largest absolute Gasteiger partial charge is 0.436 e. The molecule has 0 aliphatic carbocycles. The van der Waals surface area contributed by atoms with E-state index >= 15 is 0 Å². The van der Waals surface area contributed by atoms with Crippen molar-refractivity contribution in [2.45, 2.75) is 29.8 Å². The van der Waals surface area contributed by atoms with Crippen LogP contribution in [0.5, 0.6) is 0 Å². The lowest BCUT2D eigenvalue weighted by Gasteiger charge is -2.09. The van der Waals surface area contributed by atoms with Gasteiger partial charge in [0.15, 0.2) is 0 Å². The molecule has 3 nitrogen and oxygen atoms in total. The van der Waals surface area contributed by atoms with Crippen molar-refractivity contribution in [3.63, 3.8) is 0 Å². The highest BCUT2D eigenvalue weighted by Gasteiger charge is 2.28. The minimum atomic E-state index is -0.362. The molecule has 0 saturated carbocycles. The van der Waals surface area contributed by atoms with Crippen LogP contribution >= 0.6 is 11.8 Å². The first-order valence-electron chi connectivity index (χ1n) is 5.24. The Morgan fingerprint density at radius 3 is 2.88 bits per heavy atom. The van der Waals surface area contributed by atoms with Crippen LogP contribution in [-0.4, -0.2) is 24.1 Å². The van der Waals surface area contributed by atoms with Gasteiger partial charge in [0.1, 0.15) is 0 Å². The maximum atomic E-state index is 10.8. The topological polar surface area (TPSA) is 35.5 Å². The van der Waals surface area contributed by atoms with Gasteiger partial charge in [-0.3, -0.25) is 4.79 Å². The predicted molar refractivity (Wildman–Crippen MR) is 62.2 cm³/mol. The van der Waals surface area contributed by atoms with Gasteiger partial charge >= 0.3 is 5.97 Å². The molecule has 1 fully saturated rings. The third-order valence-corrected chi connectivity index (χ3v) is 3.47. The Kier molecular flexibility index (Phi) is 3.85. The molecule has 1 saturated heterocycles. The van der Waals surface area contributed by atoms with Gasteiger partial charge in [0.2, 0.25) is 6.29 Å². The van der Waals surface area contributed by atoms with E-state index in [2.05, 4.69) is 12.1 Å². The molecule has 2 atom stereocenters. The number of thioether (sulfide) groups is 1. The summed E-state index contributed by atoms with van der Waals surface area (Å²) in [5, 5.41) is 0.367. The molecule has 1 aliphatic rings. The van der Waals surface area contributed by atoms with Gasteiger partial charge in [-0.25, -0.2) is 0 Å². The highest BCUT2D eigenvalue weighted by Crippen LogP contribution is 2.31. The van der Waals surface area contributed by atoms with E-state index in [1.54, 1.807) is 11.8 Å². The van der Waals surface area contributed by atoms with Gasteiger partial charge < -0.3 is 9.47 Å². The van der Waals surface area contributed by atoms with Crippen LogP contribution in [0.15, 0.2) is 35.2 Å². The van der Waals surface area contributed by atoms with Crippen LogP contribution in [0.4, 0.5) is 0 Å². The molecule has 2 unspecified atom stereocenters. The number of esters is 1. The van der Waals surface area contributed by atoms with Crippen LogP contribution in [0.1, 0.15) is 13.3 Å². The molecular weight excluding hydrogens is 224 g/mol. The monoisotopic (exact) mass is 238 g/mol. The minimum absolute atomic E-state index is 0.282. The average Bonchev–Trinajstić information content (AvgIpc) is 2.66. The lowest BCUT2D eigenvalue weighted by Crippen LogP contribution is -2.14. The van der Waals surface area contributed by atoms with Gasteiger partial charge in [-0.2, -0.15) is 0 Å².